The average molecular weight is 443 g/mol. The first kappa shape index (κ1) is 21.6. The quantitative estimate of drug-likeness (QED) is 0.770. The molecule has 0 aliphatic carbocycles. The van der Waals surface area contributed by atoms with E-state index in [0.717, 1.165) is 59.9 Å². The van der Waals surface area contributed by atoms with Crippen molar-refractivity contribution in [3.05, 3.63) is 65.2 Å². The highest BCUT2D eigenvalue weighted by atomic mass is 32.2. The van der Waals surface area contributed by atoms with Gasteiger partial charge in [-0.2, -0.15) is 0 Å². The number of hydrogen-bond donors (Lipinski definition) is 1. The van der Waals surface area contributed by atoms with Crippen LogP contribution in [0.15, 0.2) is 52.4 Å². The first-order valence-electron chi connectivity index (χ1n) is 10.2. The van der Waals surface area contributed by atoms with Crippen LogP contribution in [0.2, 0.25) is 0 Å². The van der Waals surface area contributed by atoms with Gasteiger partial charge in [-0.05, 0) is 26.1 Å². The zero-order valence-corrected chi connectivity index (χ0v) is 18.3. The van der Waals surface area contributed by atoms with E-state index in [1.807, 2.05) is 31.2 Å². The first-order chi connectivity index (χ1) is 14.8. The number of nitrogens with one attached hydrogen (secondary N) is 1. The number of carbonyl (C=O) groups is 1. The van der Waals surface area contributed by atoms with E-state index in [2.05, 4.69) is 17.3 Å². The number of aryl methyl sites for hydroxylation is 1. The molecule has 2 aliphatic heterocycles. The predicted molar refractivity (Wildman–Crippen MR) is 122 cm³/mol. The normalized spacial score (nSPS) is 18.1. The molecule has 1 spiro atoms. The fourth-order valence-corrected chi connectivity index (χ4v) is 4.51. The Bertz CT molecular complexity index is 1040. The van der Waals surface area contributed by atoms with Crippen molar-refractivity contribution in [2.75, 3.05) is 31.2 Å². The van der Waals surface area contributed by atoms with Gasteiger partial charge in [-0.3, -0.25) is 9.79 Å². The maximum absolute atomic E-state index is 13.8. The number of benzene rings is 2. The Balaban J connectivity index is 1.51. The largest absolute Gasteiger partial charge is 0.323 e. The van der Waals surface area contributed by atoms with Gasteiger partial charge >= 0.3 is 0 Å². The van der Waals surface area contributed by atoms with Crippen molar-refractivity contribution in [2.45, 2.75) is 25.4 Å². The molecular formula is C23H24F2N4OS. The Morgan fingerprint density at radius 3 is 2.52 bits per heavy atom. The molecule has 8 heteroatoms. The third-order valence-corrected chi connectivity index (χ3v) is 6.45. The lowest BCUT2D eigenvalue weighted by Gasteiger charge is -2.33. The molecule has 2 aromatic rings. The molecule has 4 rings (SSSR count). The Morgan fingerprint density at radius 1 is 1.13 bits per heavy atom. The van der Waals surface area contributed by atoms with Crippen molar-refractivity contribution in [2.24, 2.45) is 9.98 Å². The van der Waals surface area contributed by atoms with Crippen molar-refractivity contribution >= 4 is 34.1 Å². The summed E-state index contributed by atoms with van der Waals surface area (Å²) >= 11 is 1.29. The van der Waals surface area contributed by atoms with Gasteiger partial charge in [0.15, 0.2) is 5.66 Å². The monoisotopic (exact) mass is 442 g/mol. The molecule has 31 heavy (non-hydrogen) atoms. The van der Waals surface area contributed by atoms with E-state index < -0.39 is 17.3 Å². The zero-order chi connectivity index (χ0) is 22.0. The number of halogens is 2. The van der Waals surface area contributed by atoms with Crippen LogP contribution < -0.4 is 5.32 Å². The SMILES string of the molecule is Cc1ccc(C2=NC3(CCN(C)CC3)N=C2SCC(=O)Nc2ccc(F)cc2F)cc1. The Kier molecular flexibility index (Phi) is 6.20. The van der Waals surface area contributed by atoms with Crippen LogP contribution in [-0.2, 0) is 4.79 Å². The minimum atomic E-state index is -0.802. The second-order valence-corrected chi connectivity index (χ2v) is 8.95. The molecule has 0 atom stereocenters. The number of carbonyl (C=O) groups excluding carboxylic acids is 1. The summed E-state index contributed by atoms with van der Waals surface area (Å²) in [6.07, 6.45) is 1.66. The minimum absolute atomic E-state index is 0.0421. The second-order valence-electron chi connectivity index (χ2n) is 7.99. The number of nitrogens with zero attached hydrogens (tertiary/aromatic N) is 3. The number of rotatable bonds is 4. The van der Waals surface area contributed by atoms with Gasteiger partial charge in [-0.1, -0.05) is 41.6 Å². The predicted octanol–water partition coefficient (Wildman–Crippen LogP) is 4.27. The van der Waals surface area contributed by atoms with Gasteiger partial charge in [0.05, 0.1) is 17.2 Å². The number of likely N-dealkylation sites (tertiary alicyclic amines) is 1. The summed E-state index contributed by atoms with van der Waals surface area (Å²) in [4.78, 5) is 24.6. The molecule has 0 radical (unpaired) electrons. The van der Waals surface area contributed by atoms with E-state index >= 15 is 0 Å². The third kappa shape index (κ3) is 5.02. The lowest BCUT2D eigenvalue weighted by atomic mass is 9.99. The fraction of sp³-hybridized carbons (Fsp3) is 0.348. The summed E-state index contributed by atoms with van der Waals surface area (Å²) < 4.78 is 26.9. The molecule has 1 saturated heterocycles. The molecule has 0 unspecified atom stereocenters. The van der Waals surface area contributed by atoms with Gasteiger partial charge < -0.3 is 10.2 Å². The molecule has 2 aromatic carbocycles. The Hall–Kier alpha value is -2.58. The lowest BCUT2D eigenvalue weighted by molar-refractivity contribution is -0.113. The number of aliphatic imine (C=N–C) groups is 2. The highest BCUT2D eigenvalue weighted by Gasteiger charge is 2.39. The third-order valence-electron chi connectivity index (χ3n) is 5.49. The summed E-state index contributed by atoms with van der Waals surface area (Å²) in [5, 5.41) is 3.22. The van der Waals surface area contributed by atoms with Gasteiger partial charge in [-0.15, -0.1) is 0 Å². The summed E-state index contributed by atoms with van der Waals surface area (Å²) in [5.74, 6) is -1.82. The van der Waals surface area contributed by atoms with Gasteiger partial charge in [-0.25, -0.2) is 13.8 Å². The summed E-state index contributed by atoms with van der Waals surface area (Å²) in [6, 6.07) is 11.2. The molecule has 1 amide bonds. The van der Waals surface area contributed by atoms with Crippen molar-refractivity contribution in [3.63, 3.8) is 0 Å². The summed E-state index contributed by atoms with van der Waals surface area (Å²) in [7, 11) is 2.09. The Labute approximate surface area is 184 Å². The molecule has 1 fully saturated rings. The van der Waals surface area contributed by atoms with E-state index in [9.17, 15) is 13.6 Å². The van der Waals surface area contributed by atoms with Crippen LogP contribution in [0.4, 0.5) is 14.5 Å². The van der Waals surface area contributed by atoms with E-state index in [1.165, 1.54) is 17.8 Å². The molecular weight excluding hydrogens is 418 g/mol. The number of thioether (sulfide) groups is 1. The van der Waals surface area contributed by atoms with E-state index in [0.29, 0.717) is 0 Å². The maximum Gasteiger partial charge on any atom is 0.234 e. The van der Waals surface area contributed by atoms with Crippen LogP contribution in [0, 0.1) is 18.6 Å². The van der Waals surface area contributed by atoms with Crippen LogP contribution >= 0.6 is 11.8 Å². The van der Waals surface area contributed by atoms with Crippen LogP contribution in [-0.4, -0.2) is 53.1 Å². The van der Waals surface area contributed by atoms with E-state index in [4.69, 9.17) is 9.98 Å². The second kappa shape index (κ2) is 8.88. The van der Waals surface area contributed by atoms with Gasteiger partial charge in [0.25, 0.3) is 0 Å². The van der Waals surface area contributed by atoms with Gasteiger partial charge in [0, 0.05) is 37.6 Å². The molecule has 0 aromatic heterocycles. The molecule has 2 heterocycles. The lowest BCUT2D eigenvalue weighted by Crippen LogP contribution is -2.39. The molecule has 5 nitrogen and oxygen atoms in total. The minimum Gasteiger partial charge on any atom is -0.323 e. The van der Waals surface area contributed by atoms with Gasteiger partial charge in [0.1, 0.15) is 16.7 Å². The highest BCUT2D eigenvalue weighted by molar-refractivity contribution is 8.16. The van der Waals surface area contributed by atoms with Crippen LogP contribution in [0.25, 0.3) is 0 Å². The first-order valence-corrected chi connectivity index (χ1v) is 11.2. The van der Waals surface area contributed by atoms with E-state index in [1.54, 1.807) is 0 Å². The molecule has 0 saturated carbocycles. The van der Waals surface area contributed by atoms with Gasteiger partial charge in [0.2, 0.25) is 5.91 Å². The number of piperidine rings is 1. The number of amides is 1. The van der Waals surface area contributed by atoms with Crippen molar-refractivity contribution in [3.8, 4) is 0 Å². The summed E-state index contributed by atoms with van der Waals surface area (Å²) in [6.45, 7) is 3.86. The van der Waals surface area contributed by atoms with Crippen molar-refractivity contribution in [1.29, 1.82) is 0 Å². The summed E-state index contributed by atoms with van der Waals surface area (Å²) in [5.41, 5.74) is 2.41. The average Bonchev–Trinajstić information content (AvgIpc) is 3.10. The van der Waals surface area contributed by atoms with Crippen LogP contribution in [0.3, 0.4) is 0 Å². The molecule has 1 N–H and O–H groups in total. The topological polar surface area (TPSA) is 57.1 Å². The standard InChI is InChI=1S/C23H24F2N4OS/c1-15-3-5-16(6-4-15)21-22(28-23(27-21)9-11-29(2)12-10-23)31-14-20(30)26-19-8-7-17(24)13-18(19)25/h3-8,13H,9-12,14H2,1-2H3,(H,26,30). The molecule has 2 aliphatic rings. The smallest absolute Gasteiger partial charge is 0.234 e. The Morgan fingerprint density at radius 2 is 1.84 bits per heavy atom. The van der Waals surface area contributed by atoms with Crippen LogP contribution in [0.5, 0.6) is 0 Å². The van der Waals surface area contributed by atoms with Crippen LogP contribution in [0.1, 0.15) is 24.0 Å². The molecule has 162 valence electrons. The zero-order valence-electron chi connectivity index (χ0n) is 17.5. The maximum atomic E-state index is 13.8. The number of anilines is 1. The van der Waals surface area contributed by atoms with Crippen molar-refractivity contribution < 1.29 is 13.6 Å². The number of hydrogen-bond acceptors (Lipinski definition) is 5. The van der Waals surface area contributed by atoms with Crippen molar-refractivity contribution in [1.82, 2.24) is 4.90 Å². The molecule has 0 bridgehead atoms. The highest BCUT2D eigenvalue weighted by Crippen LogP contribution is 2.35. The van der Waals surface area contributed by atoms with E-state index in [-0.39, 0.29) is 17.3 Å². The fourth-order valence-electron chi connectivity index (χ4n) is 3.63.